The van der Waals surface area contributed by atoms with Crippen molar-refractivity contribution in [2.24, 2.45) is 0 Å². The molecule has 0 atom stereocenters. The second-order valence-corrected chi connectivity index (χ2v) is 4.81. The van der Waals surface area contributed by atoms with Gasteiger partial charge in [0.25, 0.3) is 0 Å². The van der Waals surface area contributed by atoms with Gasteiger partial charge in [0.1, 0.15) is 13.2 Å². The summed E-state index contributed by atoms with van der Waals surface area (Å²) in [6, 6.07) is 5.93. The van der Waals surface area contributed by atoms with Crippen molar-refractivity contribution in [3.8, 4) is 11.5 Å². The second kappa shape index (κ2) is 5.45. The van der Waals surface area contributed by atoms with Crippen LogP contribution in [0.3, 0.4) is 0 Å². The highest BCUT2D eigenvalue weighted by atomic mass is 16.6. The summed E-state index contributed by atoms with van der Waals surface area (Å²) < 4.78 is 13.0. The number of rotatable bonds is 4. The standard InChI is InChI=1S/C15H19N3O2/c1-3-18-10-12(11(2)17-18)9-16-13-4-5-14-15(8-13)20-7-6-19-14/h4-5,8,10,16H,3,6-7,9H2,1-2H3. The Bertz CT molecular complexity index is 607. The lowest BCUT2D eigenvalue weighted by atomic mass is 10.2. The summed E-state index contributed by atoms with van der Waals surface area (Å²) in [5, 5.41) is 7.84. The molecule has 1 N–H and O–H groups in total. The van der Waals surface area contributed by atoms with Crippen LogP contribution in [0.4, 0.5) is 5.69 Å². The van der Waals surface area contributed by atoms with Gasteiger partial charge < -0.3 is 14.8 Å². The fourth-order valence-corrected chi connectivity index (χ4v) is 2.25. The SMILES string of the molecule is CCn1cc(CNc2ccc3c(c2)OCCO3)c(C)n1. The van der Waals surface area contributed by atoms with Crippen molar-refractivity contribution in [3.05, 3.63) is 35.7 Å². The molecule has 0 radical (unpaired) electrons. The zero-order chi connectivity index (χ0) is 13.9. The van der Waals surface area contributed by atoms with E-state index in [9.17, 15) is 0 Å². The quantitative estimate of drug-likeness (QED) is 0.930. The molecule has 0 aliphatic carbocycles. The van der Waals surface area contributed by atoms with Crippen molar-refractivity contribution >= 4 is 5.69 Å². The van der Waals surface area contributed by atoms with E-state index in [1.807, 2.05) is 29.8 Å². The van der Waals surface area contributed by atoms with Crippen molar-refractivity contribution in [1.82, 2.24) is 9.78 Å². The molecule has 0 saturated carbocycles. The van der Waals surface area contributed by atoms with E-state index in [1.54, 1.807) is 0 Å². The first kappa shape index (κ1) is 12.8. The maximum Gasteiger partial charge on any atom is 0.163 e. The third kappa shape index (κ3) is 2.57. The zero-order valence-electron chi connectivity index (χ0n) is 11.8. The van der Waals surface area contributed by atoms with E-state index in [-0.39, 0.29) is 0 Å². The third-order valence-corrected chi connectivity index (χ3v) is 3.40. The van der Waals surface area contributed by atoms with Gasteiger partial charge in [0.2, 0.25) is 0 Å². The summed E-state index contributed by atoms with van der Waals surface area (Å²) in [7, 11) is 0. The fourth-order valence-electron chi connectivity index (χ4n) is 2.25. The van der Waals surface area contributed by atoms with E-state index in [1.165, 1.54) is 5.56 Å². The van der Waals surface area contributed by atoms with Crippen LogP contribution < -0.4 is 14.8 Å². The zero-order valence-corrected chi connectivity index (χ0v) is 11.8. The normalized spacial score (nSPS) is 13.3. The number of nitrogens with zero attached hydrogens (tertiary/aromatic N) is 2. The third-order valence-electron chi connectivity index (χ3n) is 3.40. The molecule has 5 nitrogen and oxygen atoms in total. The van der Waals surface area contributed by atoms with Crippen LogP contribution in [0.5, 0.6) is 11.5 Å². The predicted molar refractivity (Wildman–Crippen MR) is 77.4 cm³/mol. The Labute approximate surface area is 118 Å². The molecule has 2 heterocycles. The topological polar surface area (TPSA) is 48.3 Å². The van der Waals surface area contributed by atoms with E-state index in [0.29, 0.717) is 13.2 Å². The first-order valence-corrected chi connectivity index (χ1v) is 6.92. The monoisotopic (exact) mass is 273 g/mol. The number of hydrogen-bond acceptors (Lipinski definition) is 4. The van der Waals surface area contributed by atoms with Crippen molar-refractivity contribution in [3.63, 3.8) is 0 Å². The van der Waals surface area contributed by atoms with Crippen molar-refractivity contribution in [2.75, 3.05) is 18.5 Å². The van der Waals surface area contributed by atoms with Crippen LogP contribution in [0.2, 0.25) is 0 Å². The van der Waals surface area contributed by atoms with Crippen LogP contribution in [-0.4, -0.2) is 23.0 Å². The van der Waals surface area contributed by atoms with Gasteiger partial charge in [-0.25, -0.2) is 0 Å². The molecule has 1 aliphatic heterocycles. The Morgan fingerprint density at radius 3 is 2.80 bits per heavy atom. The van der Waals surface area contributed by atoms with E-state index >= 15 is 0 Å². The average molecular weight is 273 g/mol. The minimum atomic E-state index is 0.610. The number of aromatic nitrogens is 2. The van der Waals surface area contributed by atoms with Crippen molar-refractivity contribution < 1.29 is 9.47 Å². The molecule has 0 unspecified atom stereocenters. The number of ether oxygens (including phenoxy) is 2. The van der Waals surface area contributed by atoms with Crippen LogP contribution in [0, 0.1) is 6.92 Å². The summed E-state index contributed by atoms with van der Waals surface area (Å²) in [5.74, 6) is 1.62. The summed E-state index contributed by atoms with van der Waals surface area (Å²) in [6.45, 7) is 7.00. The summed E-state index contributed by atoms with van der Waals surface area (Å²) in [4.78, 5) is 0. The van der Waals surface area contributed by atoms with Crippen molar-refractivity contribution in [2.45, 2.75) is 26.9 Å². The first-order valence-electron chi connectivity index (χ1n) is 6.92. The highest BCUT2D eigenvalue weighted by molar-refractivity contribution is 5.55. The summed E-state index contributed by atoms with van der Waals surface area (Å²) in [5.41, 5.74) is 3.30. The number of nitrogens with one attached hydrogen (secondary N) is 1. The fraction of sp³-hybridized carbons (Fsp3) is 0.400. The predicted octanol–water partition coefficient (Wildman–Crippen LogP) is 2.59. The number of hydrogen-bond donors (Lipinski definition) is 1. The molecule has 106 valence electrons. The molecule has 0 bridgehead atoms. The lowest BCUT2D eigenvalue weighted by Gasteiger charge is -2.19. The lowest BCUT2D eigenvalue weighted by molar-refractivity contribution is 0.171. The van der Waals surface area contributed by atoms with Gasteiger partial charge in [0.05, 0.1) is 5.69 Å². The van der Waals surface area contributed by atoms with Crippen molar-refractivity contribution in [1.29, 1.82) is 0 Å². The van der Waals surface area contributed by atoms with Gasteiger partial charge >= 0.3 is 0 Å². The first-order chi connectivity index (χ1) is 9.76. The Morgan fingerprint density at radius 1 is 1.25 bits per heavy atom. The highest BCUT2D eigenvalue weighted by Crippen LogP contribution is 2.32. The van der Waals surface area contributed by atoms with E-state index in [4.69, 9.17) is 9.47 Å². The van der Waals surface area contributed by atoms with Crippen LogP contribution in [0.15, 0.2) is 24.4 Å². The molecule has 2 aromatic rings. The molecule has 0 saturated heterocycles. The largest absolute Gasteiger partial charge is 0.486 e. The smallest absolute Gasteiger partial charge is 0.163 e. The number of fused-ring (bicyclic) bond motifs is 1. The van der Waals surface area contributed by atoms with Gasteiger partial charge in [-0.2, -0.15) is 5.10 Å². The Morgan fingerprint density at radius 2 is 2.05 bits per heavy atom. The highest BCUT2D eigenvalue weighted by Gasteiger charge is 2.12. The minimum absolute atomic E-state index is 0.610. The Kier molecular flexibility index (Phi) is 3.50. The lowest BCUT2D eigenvalue weighted by Crippen LogP contribution is -2.15. The minimum Gasteiger partial charge on any atom is -0.486 e. The van der Waals surface area contributed by atoms with E-state index in [2.05, 4.69) is 23.5 Å². The molecular formula is C15H19N3O2. The summed E-state index contributed by atoms with van der Waals surface area (Å²) in [6.07, 6.45) is 2.08. The van der Waals surface area contributed by atoms with Crippen LogP contribution >= 0.6 is 0 Å². The molecule has 0 fully saturated rings. The molecule has 0 spiro atoms. The van der Waals surface area contributed by atoms with Gasteiger partial charge in [-0.3, -0.25) is 4.68 Å². The molecule has 1 aromatic heterocycles. The van der Waals surface area contributed by atoms with E-state index in [0.717, 1.165) is 36.0 Å². The van der Waals surface area contributed by atoms with Crippen LogP contribution in [-0.2, 0) is 13.1 Å². The molecule has 1 aromatic carbocycles. The maximum absolute atomic E-state index is 5.58. The molecule has 1 aliphatic rings. The van der Waals surface area contributed by atoms with Gasteiger partial charge in [0.15, 0.2) is 11.5 Å². The average Bonchev–Trinajstić information content (AvgIpc) is 2.85. The molecule has 0 amide bonds. The Hall–Kier alpha value is -2.17. The van der Waals surface area contributed by atoms with Crippen LogP contribution in [0.1, 0.15) is 18.2 Å². The summed E-state index contributed by atoms with van der Waals surface area (Å²) >= 11 is 0. The van der Waals surface area contributed by atoms with Gasteiger partial charge in [-0.15, -0.1) is 0 Å². The molecule has 20 heavy (non-hydrogen) atoms. The van der Waals surface area contributed by atoms with Crippen LogP contribution in [0.25, 0.3) is 0 Å². The Balaban J connectivity index is 1.70. The van der Waals surface area contributed by atoms with Gasteiger partial charge in [-0.1, -0.05) is 0 Å². The molecular weight excluding hydrogens is 254 g/mol. The second-order valence-electron chi connectivity index (χ2n) is 4.81. The number of anilines is 1. The maximum atomic E-state index is 5.58. The number of benzene rings is 1. The van der Waals surface area contributed by atoms with Gasteiger partial charge in [0, 0.05) is 36.6 Å². The molecule has 3 rings (SSSR count). The van der Waals surface area contributed by atoms with E-state index < -0.39 is 0 Å². The molecule has 5 heteroatoms. The number of aryl methyl sites for hydroxylation is 2. The van der Waals surface area contributed by atoms with Gasteiger partial charge in [-0.05, 0) is 26.0 Å².